The van der Waals surface area contributed by atoms with Crippen molar-refractivity contribution < 1.29 is 4.79 Å². The number of carbonyl (C=O) groups excluding carboxylic acids is 1. The molecular formula is C19H17ClN6O. The lowest BCUT2D eigenvalue weighted by Gasteiger charge is -2.17. The fourth-order valence-corrected chi connectivity index (χ4v) is 3.13. The maximum atomic E-state index is 12.5. The van der Waals surface area contributed by atoms with Crippen LogP contribution >= 0.6 is 11.6 Å². The van der Waals surface area contributed by atoms with Crippen LogP contribution in [0.25, 0.3) is 11.4 Å². The second-order valence-electron chi connectivity index (χ2n) is 6.15. The minimum absolute atomic E-state index is 0.190. The first-order chi connectivity index (χ1) is 13.2. The van der Waals surface area contributed by atoms with E-state index >= 15 is 0 Å². The Morgan fingerprint density at radius 1 is 1.04 bits per heavy atom. The van der Waals surface area contributed by atoms with Crippen molar-refractivity contribution in [3.8, 4) is 11.4 Å². The molecule has 1 aliphatic rings. The average molecular weight is 381 g/mol. The summed E-state index contributed by atoms with van der Waals surface area (Å²) in [4.78, 5) is 32.0. The second-order valence-corrected chi connectivity index (χ2v) is 6.56. The number of rotatable bonds is 4. The molecule has 1 amide bonds. The smallest absolute Gasteiger partial charge is 0.259 e. The molecule has 0 aliphatic carbocycles. The van der Waals surface area contributed by atoms with E-state index in [1.807, 2.05) is 18.2 Å². The van der Waals surface area contributed by atoms with E-state index in [4.69, 9.17) is 11.6 Å². The summed E-state index contributed by atoms with van der Waals surface area (Å²) in [5.74, 6) is 0.834. The summed E-state index contributed by atoms with van der Waals surface area (Å²) in [6.45, 7) is 1.75. The molecule has 8 heteroatoms. The number of amides is 1. The highest BCUT2D eigenvalue weighted by molar-refractivity contribution is 6.33. The summed E-state index contributed by atoms with van der Waals surface area (Å²) >= 11 is 6.32. The molecule has 27 heavy (non-hydrogen) atoms. The van der Waals surface area contributed by atoms with Gasteiger partial charge in [-0.25, -0.2) is 0 Å². The minimum atomic E-state index is -0.327. The van der Waals surface area contributed by atoms with Crippen LogP contribution < -0.4 is 10.2 Å². The Labute approximate surface area is 161 Å². The summed E-state index contributed by atoms with van der Waals surface area (Å²) < 4.78 is 0. The van der Waals surface area contributed by atoms with Crippen LogP contribution in [0, 0.1) is 0 Å². The van der Waals surface area contributed by atoms with Crippen LogP contribution in [0.4, 0.5) is 11.9 Å². The highest BCUT2D eigenvalue weighted by Gasteiger charge is 2.20. The van der Waals surface area contributed by atoms with Crippen LogP contribution in [0.2, 0.25) is 5.02 Å². The molecule has 0 radical (unpaired) electrons. The van der Waals surface area contributed by atoms with Crippen LogP contribution in [0.1, 0.15) is 23.2 Å². The lowest BCUT2D eigenvalue weighted by Crippen LogP contribution is -2.23. The first-order valence-electron chi connectivity index (χ1n) is 8.68. The molecule has 3 aromatic rings. The highest BCUT2D eigenvalue weighted by atomic mass is 35.5. The van der Waals surface area contributed by atoms with Gasteiger partial charge in [-0.15, -0.1) is 0 Å². The lowest BCUT2D eigenvalue weighted by atomic mass is 10.2. The van der Waals surface area contributed by atoms with E-state index in [9.17, 15) is 4.79 Å². The topological polar surface area (TPSA) is 83.9 Å². The molecule has 2 aromatic heterocycles. The summed E-state index contributed by atoms with van der Waals surface area (Å²) in [5.41, 5.74) is 1.12. The summed E-state index contributed by atoms with van der Waals surface area (Å²) in [5, 5.41) is 3.28. The number of nitrogens with one attached hydrogen (secondary N) is 1. The Morgan fingerprint density at radius 2 is 1.85 bits per heavy atom. The minimum Gasteiger partial charge on any atom is -0.341 e. The number of aromatic nitrogens is 4. The predicted octanol–water partition coefficient (Wildman–Crippen LogP) is 3.44. The monoisotopic (exact) mass is 380 g/mol. The molecule has 7 nitrogen and oxygen atoms in total. The Kier molecular flexibility index (Phi) is 4.93. The van der Waals surface area contributed by atoms with E-state index < -0.39 is 0 Å². The van der Waals surface area contributed by atoms with Crippen molar-refractivity contribution in [2.75, 3.05) is 23.3 Å². The van der Waals surface area contributed by atoms with Gasteiger partial charge in [-0.1, -0.05) is 23.7 Å². The maximum Gasteiger partial charge on any atom is 0.259 e. The molecule has 3 heterocycles. The van der Waals surface area contributed by atoms with E-state index in [0.29, 0.717) is 27.9 Å². The third-order valence-electron chi connectivity index (χ3n) is 4.28. The maximum absolute atomic E-state index is 12.5. The van der Waals surface area contributed by atoms with Crippen molar-refractivity contribution >= 4 is 29.4 Å². The van der Waals surface area contributed by atoms with Gasteiger partial charge in [0.05, 0.1) is 10.6 Å². The van der Waals surface area contributed by atoms with E-state index in [1.54, 1.807) is 24.4 Å². The van der Waals surface area contributed by atoms with E-state index in [0.717, 1.165) is 25.9 Å². The number of hydrogen-bond acceptors (Lipinski definition) is 6. The molecule has 0 saturated carbocycles. The molecule has 1 N–H and O–H groups in total. The lowest BCUT2D eigenvalue weighted by molar-refractivity contribution is 0.102. The van der Waals surface area contributed by atoms with Gasteiger partial charge in [0, 0.05) is 31.0 Å². The first kappa shape index (κ1) is 17.4. The van der Waals surface area contributed by atoms with E-state index in [-0.39, 0.29) is 11.9 Å². The molecule has 1 aliphatic heterocycles. The second kappa shape index (κ2) is 7.67. The fraction of sp³-hybridized carbons (Fsp3) is 0.211. The molecule has 1 saturated heterocycles. The van der Waals surface area contributed by atoms with Crippen molar-refractivity contribution in [2.45, 2.75) is 12.8 Å². The number of halogens is 1. The first-order valence-corrected chi connectivity index (χ1v) is 9.06. The average Bonchev–Trinajstić information content (AvgIpc) is 3.24. The number of anilines is 2. The fourth-order valence-electron chi connectivity index (χ4n) is 2.91. The molecule has 4 rings (SSSR count). The third kappa shape index (κ3) is 3.88. The largest absolute Gasteiger partial charge is 0.341 e. The van der Waals surface area contributed by atoms with Gasteiger partial charge in [0.15, 0.2) is 5.82 Å². The number of nitrogens with zero attached hydrogens (tertiary/aromatic N) is 5. The van der Waals surface area contributed by atoms with Gasteiger partial charge in [-0.3, -0.25) is 15.1 Å². The zero-order chi connectivity index (χ0) is 18.6. The quantitative estimate of drug-likeness (QED) is 0.746. The standard InChI is InChI=1S/C19H17ClN6O/c20-15-8-2-1-7-14(15)16-22-18(24-17(27)13-6-5-9-21-12-13)25-19(23-16)26-10-3-4-11-26/h1-2,5-9,12H,3-4,10-11H2,(H,22,23,24,25,27). The van der Waals surface area contributed by atoms with Crippen LogP contribution in [0.5, 0.6) is 0 Å². The Bertz CT molecular complexity index is 959. The van der Waals surface area contributed by atoms with Gasteiger partial charge in [-0.2, -0.15) is 15.0 Å². The predicted molar refractivity (Wildman–Crippen MR) is 104 cm³/mol. The molecule has 1 fully saturated rings. The normalized spacial score (nSPS) is 13.6. The molecule has 0 spiro atoms. The van der Waals surface area contributed by atoms with Crippen LogP contribution in [-0.4, -0.2) is 38.9 Å². The SMILES string of the molecule is O=C(Nc1nc(-c2ccccc2Cl)nc(N2CCCC2)n1)c1cccnc1. The summed E-state index contributed by atoms with van der Waals surface area (Å²) in [6.07, 6.45) is 5.28. The van der Waals surface area contributed by atoms with Crippen molar-refractivity contribution in [3.05, 3.63) is 59.4 Å². The third-order valence-corrected chi connectivity index (χ3v) is 4.61. The van der Waals surface area contributed by atoms with E-state index in [2.05, 4.69) is 30.2 Å². The van der Waals surface area contributed by atoms with Crippen LogP contribution in [-0.2, 0) is 0 Å². The van der Waals surface area contributed by atoms with Gasteiger partial charge in [0.1, 0.15) is 0 Å². The molecule has 136 valence electrons. The van der Waals surface area contributed by atoms with Crippen molar-refractivity contribution in [1.29, 1.82) is 0 Å². The van der Waals surface area contributed by atoms with Crippen LogP contribution in [0.15, 0.2) is 48.8 Å². The van der Waals surface area contributed by atoms with Gasteiger partial charge in [0.25, 0.3) is 5.91 Å². The summed E-state index contributed by atoms with van der Waals surface area (Å²) in [7, 11) is 0. The van der Waals surface area contributed by atoms with Gasteiger partial charge >= 0.3 is 0 Å². The molecular weight excluding hydrogens is 364 g/mol. The van der Waals surface area contributed by atoms with Crippen molar-refractivity contribution in [1.82, 2.24) is 19.9 Å². The Hall–Kier alpha value is -3.06. The highest BCUT2D eigenvalue weighted by Crippen LogP contribution is 2.27. The Morgan fingerprint density at radius 3 is 2.59 bits per heavy atom. The molecule has 1 aromatic carbocycles. The molecule has 0 bridgehead atoms. The number of pyridine rings is 1. The van der Waals surface area contributed by atoms with E-state index in [1.165, 1.54) is 6.20 Å². The number of benzene rings is 1. The van der Waals surface area contributed by atoms with Crippen LogP contribution in [0.3, 0.4) is 0 Å². The molecule has 0 unspecified atom stereocenters. The Balaban J connectivity index is 1.72. The zero-order valence-electron chi connectivity index (χ0n) is 14.5. The number of hydrogen-bond donors (Lipinski definition) is 1. The van der Waals surface area contributed by atoms with Crippen molar-refractivity contribution in [3.63, 3.8) is 0 Å². The van der Waals surface area contributed by atoms with Gasteiger partial charge < -0.3 is 4.90 Å². The van der Waals surface area contributed by atoms with Gasteiger partial charge in [0.2, 0.25) is 11.9 Å². The zero-order valence-corrected chi connectivity index (χ0v) is 15.2. The van der Waals surface area contributed by atoms with Gasteiger partial charge in [-0.05, 0) is 37.1 Å². The van der Waals surface area contributed by atoms with Crippen molar-refractivity contribution in [2.24, 2.45) is 0 Å². The molecule has 0 atom stereocenters. The summed E-state index contributed by atoms with van der Waals surface area (Å²) in [6, 6.07) is 10.7. The number of carbonyl (C=O) groups is 1.